The number of aromatic amines is 1. The van der Waals surface area contributed by atoms with Gasteiger partial charge in [-0.15, -0.1) is 0 Å². The van der Waals surface area contributed by atoms with Gasteiger partial charge in [-0.25, -0.2) is 13.4 Å². The summed E-state index contributed by atoms with van der Waals surface area (Å²) in [5, 5.41) is 11.8. The summed E-state index contributed by atoms with van der Waals surface area (Å²) < 4.78 is 30.8. The van der Waals surface area contributed by atoms with Gasteiger partial charge in [0.05, 0.1) is 22.3 Å². The summed E-state index contributed by atoms with van der Waals surface area (Å²) in [5.74, 6) is 0.674. The second-order valence-electron chi connectivity index (χ2n) is 7.70. The second-order valence-corrected chi connectivity index (χ2v) is 9.98. The van der Waals surface area contributed by atoms with Crippen LogP contribution >= 0.6 is 0 Å². The molecule has 0 aliphatic rings. The van der Waals surface area contributed by atoms with Crippen LogP contribution in [-0.2, 0) is 9.84 Å². The van der Waals surface area contributed by atoms with Crippen molar-refractivity contribution < 1.29 is 18.3 Å². The normalized spacial score (nSPS) is 13.0. The van der Waals surface area contributed by atoms with E-state index in [9.17, 15) is 13.5 Å². The van der Waals surface area contributed by atoms with Gasteiger partial charge < -0.3 is 14.8 Å². The molecule has 0 fully saturated rings. The number of aromatic nitrogens is 2. The molecule has 6 nitrogen and oxygen atoms in total. The number of fused-ring (bicyclic) bond motifs is 3. The van der Waals surface area contributed by atoms with E-state index in [0.717, 1.165) is 38.6 Å². The molecule has 7 heteroatoms. The van der Waals surface area contributed by atoms with Crippen molar-refractivity contribution in [1.29, 1.82) is 0 Å². The summed E-state index contributed by atoms with van der Waals surface area (Å²) in [6, 6.07) is 12.9. The van der Waals surface area contributed by atoms with E-state index in [0.29, 0.717) is 17.1 Å². The Morgan fingerprint density at radius 2 is 1.97 bits per heavy atom. The third kappa shape index (κ3) is 4.03. The third-order valence-corrected chi connectivity index (χ3v) is 7.22. The molecule has 1 atom stereocenters. The molecule has 0 saturated heterocycles. The molecule has 31 heavy (non-hydrogen) atoms. The van der Waals surface area contributed by atoms with Gasteiger partial charge in [0.1, 0.15) is 18.0 Å². The molecular formula is C24H26N2O4S. The van der Waals surface area contributed by atoms with Gasteiger partial charge in [-0.3, -0.25) is 0 Å². The Bertz CT molecular complexity index is 1360. The SMILES string of the molecule is CC[C@@H](O)COc1ccc(-c2cccc(S(=O)(=O)CC)c2)c2c1[nH]c1ncc(C)cc12. The first-order chi connectivity index (χ1) is 14.8. The number of aliphatic hydroxyl groups is 1. The van der Waals surface area contributed by atoms with Gasteiger partial charge in [0.25, 0.3) is 0 Å². The predicted molar refractivity (Wildman–Crippen MR) is 123 cm³/mol. The van der Waals surface area contributed by atoms with Crippen molar-refractivity contribution in [2.45, 2.75) is 38.2 Å². The van der Waals surface area contributed by atoms with Gasteiger partial charge in [0, 0.05) is 17.0 Å². The van der Waals surface area contributed by atoms with Crippen molar-refractivity contribution in [2.24, 2.45) is 0 Å². The van der Waals surface area contributed by atoms with Crippen molar-refractivity contribution in [3.63, 3.8) is 0 Å². The molecule has 0 amide bonds. The minimum Gasteiger partial charge on any atom is -0.489 e. The molecule has 0 aliphatic heterocycles. The fourth-order valence-electron chi connectivity index (χ4n) is 3.65. The van der Waals surface area contributed by atoms with Crippen LogP contribution in [-0.4, -0.2) is 42.0 Å². The highest BCUT2D eigenvalue weighted by atomic mass is 32.2. The molecule has 0 unspecified atom stereocenters. The minimum atomic E-state index is -3.32. The fourth-order valence-corrected chi connectivity index (χ4v) is 4.58. The summed E-state index contributed by atoms with van der Waals surface area (Å²) in [7, 11) is -3.32. The molecule has 2 aromatic carbocycles. The maximum atomic E-state index is 12.4. The molecule has 0 aliphatic carbocycles. The van der Waals surface area contributed by atoms with Crippen LogP contribution in [0.1, 0.15) is 25.8 Å². The number of aliphatic hydroxyl groups excluding tert-OH is 1. The Morgan fingerprint density at radius 3 is 2.71 bits per heavy atom. The number of sulfone groups is 1. The smallest absolute Gasteiger partial charge is 0.178 e. The zero-order valence-corrected chi connectivity index (χ0v) is 18.7. The predicted octanol–water partition coefficient (Wildman–Crippen LogP) is 4.63. The molecule has 4 rings (SSSR count). The van der Waals surface area contributed by atoms with Crippen molar-refractivity contribution in [3.05, 3.63) is 54.2 Å². The van der Waals surface area contributed by atoms with Crippen molar-refractivity contribution in [1.82, 2.24) is 9.97 Å². The molecule has 0 bridgehead atoms. The van der Waals surface area contributed by atoms with E-state index in [1.165, 1.54) is 0 Å². The van der Waals surface area contributed by atoms with Crippen LogP contribution < -0.4 is 4.74 Å². The van der Waals surface area contributed by atoms with Crippen LogP contribution in [0.15, 0.2) is 53.6 Å². The second kappa shape index (κ2) is 8.32. The molecule has 2 aromatic heterocycles. The van der Waals surface area contributed by atoms with Crippen molar-refractivity contribution >= 4 is 31.8 Å². The van der Waals surface area contributed by atoms with E-state index in [4.69, 9.17) is 4.74 Å². The van der Waals surface area contributed by atoms with Crippen LogP contribution in [0.5, 0.6) is 5.75 Å². The first-order valence-electron chi connectivity index (χ1n) is 10.4. The Hall–Kier alpha value is -2.90. The largest absolute Gasteiger partial charge is 0.489 e. The van der Waals surface area contributed by atoms with Gasteiger partial charge in [0.15, 0.2) is 9.84 Å². The lowest BCUT2D eigenvalue weighted by molar-refractivity contribution is 0.105. The van der Waals surface area contributed by atoms with E-state index in [-0.39, 0.29) is 12.4 Å². The van der Waals surface area contributed by atoms with Crippen molar-refractivity contribution in [2.75, 3.05) is 12.4 Å². The lowest BCUT2D eigenvalue weighted by Gasteiger charge is -2.13. The number of hydrogen-bond donors (Lipinski definition) is 2. The number of benzene rings is 2. The van der Waals surface area contributed by atoms with E-state index in [1.807, 2.05) is 32.0 Å². The van der Waals surface area contributed by atoms with E-state index in [2.05, 4.69) is 16.0 Å². The summed E-state index contributed by atoms with van der Waals surface area (Å²) in [5.41, 5.74) is 4.23. The van der Waals surface area contributed by atoms with Crippen LogP contribution in [0.3, 0.4) is 0 Å². The zero-order chi connectivity index (χ0) is 22.2. The topological polar surface area (TPSA) is 92.3 Å². The molecule has 0 saturated carbocycles. The molecular weight excluding hydrogens is 412 g/mol. The number of rotatable bonds is 7. The first kappa shape index (κ1) is 21.3. The molecule has 0 spiro atoms. The number of nitrogens with one attached hydrogen (secondary N) is 1. The van der Waals surface area contributed by atoms with Gasteiger partial charge in [-0.05, 0) is 60.4 Å². The van der Waals surface area contributed by atoms with Gasteiger partial charge in [-0.2, -0.15) is 0 Å². The number of ether oxygens (including phenoxy) is 1. The van der Waals surface area contributed by atoms with Crippen LogP contribution in [0.4, 0.5) is 0 Å². The zero-order valence-electron chi connectivity index (χ0n) is 17.8. The van der Waals surface area contributed by atoms with Gasteiger partial charge in [0.2, 0.25) is 0 Å². The average Bonchev–Trinajstić information content (AvgIpc) is 3.16. The average molecular weight is 439 g/mol. The van der Waals surface area contributed by atoms with Crippen LogP contribution in [0.25, 0.3) is 33.1 Å². The molecule has 2 N–H and O–H groups in total. The highest BCUT2D eigenvalue weighted by Gasteiger charge is 2.18. The summed E-state index contributed by atoms with van der Waals surface area (Å²) in [6.45, 7) is 5.72. The third-order valence-electron chi connectivity index (χ3n) is 5.49. The lowest BCUT2D eigenvalue weighted by Crippen LogP contribution is -2.16. The van der Waals surface area contributed by atoms with Gasteiger partial charge in [-0.1, -0.05) is 26.0 Å². The highest BCUT2D eigenvalue weighted by Crippen LogP contribution is 2.39. The monoisotopic (exact) mass is 438 g/mol. The minimum absolute atomic E-state index is 0.0502. The Balaban J connectivity index is 1.95. The Kier molecular flexibility index (Phi) is 5.73. The van der Waals surface area contributed by atoms with Crippen molar-refractivity contribution in [3.8, 4) is 16.9 Å². The number of pyridine rings is 1. The number of hydrogen-bond acceptors (Lipinski definition) is 5. The quantitative estimate of drug-likeness (QED) is 0.439. The standard InChI is InChI=1S/C24H26N2O4S/c1-4-17(27)14-30-21-10-9-19(16-7-6-8-18(12-16)31(28,29)5-2)22-20-11-15(3)13-25-24(20)26-23(21)22/h6-13,17,27H,4-5,14H2,1-3H3,(H,25,26)/t17-/m1/s1. The molecule has 162 valence electrons. The number of H-pyrrole nitrogens is 1. The number of nitrogens with zero attached hydrogens (tertiary/aromatic N) is 1. The van der Waals surface area contributed by atoms with E-state index in [1.54, 1.807) is 31.3 Å². The molecule has 0 radical (unpaired) electrons. The van der Waals surface area contributed by atoms with Crippen LogP contribution in [0.2, 0.25) is 0 Å². The molecule has 2 heterocycles. The molecule has 4 aromatic rings. The van der Waals surface area contributed by atoms with Gasteiger partial charge >= 0.3 is 0 Å². The maximum Gasteiger partial charge on any atom is 0.178 e. The fraction of sp³-hybridized carbons (Fsp3) is 0.292. The summed E-state index contributed by atoms with van der Waals surface area (Å²) in [4.78, 5) is 8.17. The maximum absolute atomic E-state index is 12.4. The summed E-state index contributed by atoms with van der Waals surface area (Å²) in [6.07, 6.45) is 1.86. The first-order valence-corrected chi connectivity index (χ1v) is 12.0. The lowest BCUT2D eigenvalue weighted by atomic mass is 9.99. The number of aryl methyl sites for hydroxylation is 1. The summed E-state index contributed by atoms with van der Waals surface area (Å²) >= 11 is 0. The Labute approximate surface area is 181 Å². The highest BCUT2D eigenvalue weighted by molar-refractivity contribution is 7.91. The van der Waals surface area contributed by atoms with E-state index >= 15 is 0 Å². The Morgan fingerprint density at radius 1 is 1.16 bits per heavy atom. The van der Waals surface area contributed by atoms with E-state index < -0.39 is 15.9 Å². The van der Waals surface area contributed by atoms with Crippen LogP contribution in [0, 0.1) is 6.92 Å².